The molecule has 2 nitrogen and oxygen atoms in total. The van der Waals surface area contributed by atoms with E-state index in [2.05, 4.69) is 19.2 Å². The zero-order valence-corrected chi connectivity index (χ0v) is 11.9. The van der Waals surface area contributed by atoms with Gasteiger partial charge in [0.2, 0.25) is 0 Å². The van der Waals surface area contributed by atoms with Crippen molar-refractivity contribution in [3.8, 4) is 5.75 Å². The first-order valence-corrected chi connectivity index (χ1v) is 7.27. The van der Waals surface area contributed by atoms with Crippen molar-refractivity contribution in [2.45, 2.75) is 39.7 Å². The molecule has 0 spiro atoms. The first kappa shape index (κ1) is 14.3. The summed E-state index contributed by atoms with van der Waals surface area (Å²) in [5, 5.41) is 3.33. The van der Waals surface area contributed by atoms with Crippen molar-refractivity contribution in [3.05, 3.63) is 29.6 Å². The molecule has 106 valence electrons. The van der Waals surface area contributed by atoms with Gasteiger partial charge in [-0.1, -0.05) is 26.7 Å². The average molecular weight is 265 g/mol. The Hall–Kier alpha value is -1.09. The van der Waals surface area contributed by atoms with Gasteiger partial charge in [-0.2, -0.15) is 0 Å². The Bertz CT molecular complexity index is 402. The quantitative estimate of drug-likeness (QED) is 0.773. The molecule has 0 radical (unpaired) electrons. The molecule has 0 bridgehead atoms. The summed E-state index contributed by atoms with van der Waals surface area (Å²) in [5.41, 5.74) is 0.913. The van der Waals surface area contributed by atoms with Crippen molar-refractivity contribution in [2.75, 3.05) is 13.2 Å². The van der Waals surface area contributed by atoms with E-state index in [0.717, 1.165) is 36.8 Å². The van der Waals surface area contributed by atoms with Crippen LogP contribution in [0.5, 0.6) is 5.75 Å². The van der Waals surface area contributed by atoms with E-state index in [1.54, 1.807) is 12.1 Å². The molecule has 0 unspecified atom stereocenters. The smallest absolute Gasteiger partial charge is 0.123 e. The van der Waals surface area contributed by atoms with Crippen LogP contribution in [-0.4, -0.2) is 13.2 Å². The lowest BCUT2D eigenvalue weighted by atomic mass is 10.1. The predicted molar refractivity (Wildman–Crippen MR) is 75.8 cm³/mol. The third-order valence-corrected chi connectivity index (χ3v) is 3.37. The molecule has 1 fully saturated rings. The Morgan fingerprint density at radius 3 is 2.84 bits per heavy atom. The van der Waals surface area contributed by atoms with Gasteiger partial charge in [-0.15, -0.1) is 0 Å². The fourth-order valence-electron chi connectivity index (χ4n) is 2.06. The summed E-state index contributed by atoms with van der Waals surface area (Å²) < 4.78 is 19.1. The second-order valence-electron chi connectivity index (χ2n) is 5.86. The van der Waals surface area contributed by atoms with Crippen LogP contribution in [0.25, 0.3) is 0 Å². The van der Waals surface area contributed by atoms with Crippen LogP contribution < -0.4 is 10.1 Å². The SMILES string of the molecule is CC(C)CNCc1cc(F)ccc1OCCC1CC1. The lowest BCUT2D eigenvalue weighted by Crippen LogP contribution is -2.19. The summed E-state index contributed by atoms with van der Waals surface area (Å²) in [4.78, 5) is 0. The van der Waals surface area contributed by atoms with E-state index >= 15 is 0 Å². The van der Waals surface area contributed by atoms with Crippen LogP contribution in [0.2, 0.25) is 0 Å². The van der Waals surface area contributed by atoms with E-state index in [9.17, 15) is 4.39 Å². The highest BCUT2D eigenvalue weighted by Crippen LogP contribution is 2.32. The molecular weight excluding hydrogens is 241 g/mol. The standard InChI is InChI=1S/C16H24FNO/c1-12(2)10-18-11-14-9-15(17)5-6-16(14)19-8-7-13-3-4-13/h5-6,9,12-13,18H,3-4,7-8,10-11H2,1-2H3. The molecule has 19 heavy (non-hydrogen) atoms. The van der Waals surface area contributed by atoms with Crippen LogP contribution in [0.3, 0.4) is 0 Å². The molecule has 0 atom stereocenters. The zero-order valence-electron chi connectivity index (χ0n) is 11.9. The van der Waals surface area contributed by atoms with Crippen molar-refractivity contribution < 1.29 is 9.13 Å². The molecule has 1 aromatic carbocycles. The number of halogens is 1. The summed E-state index contributed by atoms with van der Waals surface area (Å²) in [7, 11) is 0. The first-order valence-electron chi connectivity index (χ1n) is 7.27. The lowest BCUT2D eigenvalue weighted by molar-refractivity contribution is 0.298. The van der Waals surface area contributed by atoms with E-state index in [4.69, 9.17) is 4.74 Å². The monoisotopic (exact) mass is 265 g/mol. The lowest BCUT2D eigenvalue weighted by Gasteiger charge is -2.13. The largest absolute Gasteiger partial charge is 0.493 e. The van der Waals surface area contributed by atoms with Crippen LogP contribution in [-0.2, 0) is 6.54 Å². The van der Waals surface area contributed by atoms with Gasteiger partial charge in [-0.3, -0.25) is 0 Å². The number of nitrogens with one attached hydrogen (secondary N) is 1. The highest BCUT2D eigenvalue weighted by Gasteiger charge is 2.20. The molecule has 0 aliphatic heterocycles. The van der Waals surface area contributed by atoms with E-state index < -0.39 is 0 Å². The number of rotatable bonds is 8. The Balaban J connectivity index is 1.87. The minimum Gasteiger partial charge on any atom is -0.493 e. The zero-order chi connectivity index (χ0) is 13.7. The molecule has 2 rings (SSSR count). The molecule has 0 amide bonds. The maximum atomic E-state index is 13.3. The van der Waals surface area contributed by atoms with Crippen molar-refractivity contribution in [1.82, 2.24) is 5.32 Å². The van der Waals surface area contributed by atoms with Crippen molar-refractivity contribution >= 4 is 0 Å². The summed E-state index contributed by atoms with van der Waals surface area (Å²) >= 11 is 0. The van der Waals surface area contributed by atoms with E-state index in [0.29, 0.717) is 12.5 Å². The highest BCUT2D eigenvalue weighted by molar-refractivity contribution is 5.33. The van der Waals surface area contributed by atoms with Crippen molar-refractivity contribution in [3.63, 3.8) is 0 Å². The molecule has 1 aromatic rings. The van der Waals surface area contributed by atoms with Gasteiger partial charge in [0.05, 0.1) is 6.61 Å². The van der Waals surface area contributed by atoms with Gasteiger partial charge >= 0.3 is 0 Å². The molecule has 1 aliphatic carbocycles. The second-order valence-corrected chi connectivity index (χ2v) is 5.86. The third kappa shape index (κ3) is 5.19. The topological polar surface area (TPSA) is 21.3 Å². The summed E-state index contributed by atoms with van der Waals surface area (Å²) in [6, 6.07) is 4.78. The molecule has 1 saturated carbocycles. The van der Waals surface area contributed by atoms with E-state index in [1.165, 1.54) is 18.9 Å². The predicted octanol–water partition coefficient (Wildman–Crippen LogP) is 3.75. The molecule has 1 N–H and O–H groups in total. The number of ether oxygens (including phenoxy) is 1. The Morgan fingerprint density at radius 2 is 2.16 bits per heavy atom. The van der Waals surface area contributed by atoms with Gasteiger partial charge in [0.15, 0.2) is 0 Å². The fraction of sp³-hybridized carbons (Fsp3) is 0.625. The van der Waals surface area contributed by atoms with Gasteiger partial charge in [0.1, 0.15) is 11.6 Å². The van der Waals surface area contributed by atoms with Crippen LogP contribution in [0.4, 0.5) is 4.39 Å². The van der Waals surface area contributed by atoms with Gasteiger partial charge in [0, 0.05) is 12.1 Å². The molecule has 0 heterocycles. The average Bonchev–Trinajstić information content (AvgIpc) is 3.15. The summed E-state index contributed by atoms with van der Waals surface area (Å²) in [5.74, 6) is 2.07. The van der Waals surface area contributed by atoms with Crippen LogP contribution in [0.15, 0.2) is 18.2 Å². The number of hydrogen-bond acceptors (Lipinski definition) is 2. The number of benzene rings is 1. The Morgan fingerprint density at radius 1 is 1.37 bits per heavy atom. The second kappa shape index (κ2) is 6.90. The fourth-order valence-corrected chi connectivity index (χ4v) is 2.06. The van der Waals surface area contributed by atoms with Gasteiger partial charge < -0.3 is 10.1 Å². The Kier molecular flexibility index (Phi) is 5.20. The minimum absolute atomic E-state index is 0.198. The van der Waals surface area contributed by atoms with Gasteiger partial charge in [0.25, 0.3) is 0 Å². The molecule has 1 aliphatic rings. The normalized spacial score (nSPS) is 14.9. The molecular formula is C16H24FNO. The summed E-state index contributed by atoms with van der Waals surface area (Å²) in [6.45, 7) is 6.65. The van der Waals surface area contributed by atoms with Gasteiger partial charge in [-0.05, 0) is 43.0 Å². The molecule has 0 saturated heterocycles. The molecule has 3 heteroatoms. The van der Waals surface area contributed by atoms with Crippen LogP contribution >= 0.6 is 0 Å². The van der Waals surface area contributed by atoms with Crippen molar-refractivity contribution in [1.29, 1.82) is 0 Å². The van der Waals surface area contributed by atoms with Crippen LogP contribution in [0.1, 0.15) is 38.7 Å². The Labute approximate surface area is 115 Å². The van der Waals surface area contributed by atoms with E-state index in [-0.39, 0.29) is 5.82 Å². The maximum absolute atomic E-state index is 13.3. The van der Waals surface area contributed by atoms with E-state index in [1.807, 2.05) is 0 Å². The van der Waals surface area contributed by atoms with Crippen LogP contribution in [0, 0.1) is 17.7 Å². The first-order chi connectivity index (χ1) is 9.15. The maximum Gasteiger partial charge on any atom is 0.123 e. The number of hydrogen-bond donors (Lipinski definition) is 1. The molecule has 0 aromatic heterocycles. The highest BCUT2D eigenvalue weighted by atomic mass is 19.1. The summed E-state index contributed by atoms with van der Waals surface area (Å²) in [6.07, 6.45) is 3.81. The van der Waals surface area contributed by atoms with Crippen molar-refractivity contribution in [2.24, 2.45) is 11.8 Å². The van der Waals surface area contributed by atoms with Gasteiger partial charge in [-0.25, -0.2) is 4.39 Å². The minimum atomic E-state index is -0.198. The third-order valence-electron chi connectivity index (χ3n) is 3.37.